The van der Waals surface area contributed by atoms with Crippen molar-refractivity contribution in [3.63, 3.8) is 0 Å². The lowest BCUT2D eigenvalue weighted by Gasteiger charge is -2.17. The first kappa shape index (κ1) is 10.7. The van der Waals surface area contributed by atoms with Gasteiger partial charge in [0.25, 0.3) is 0 Å². The predicted octanol–water partition coefficient (Wildman–Crippen LogP) is 0.976. The zero-order valence-electron chi connectivity index (χ0n) is 8.36. The molecule has 0 spiro atoms. The fourth-order valence-electron chi connectivity index (χ4n) is 0.818. The highest BCUT2D eigenvalue weighted by Gasteiger charge is 2.14. The van der Waals surface area contributed by atoms with E-state index in [4.69, 9.17) is 10.5 Å². The Morgan fingerprint density at radius 1 is 1.64 bits per heavy atom. The van der Waals surface area contributed by atoms with E-state index in [0.717, 1.165) is 0 Å². The third-order valence-corrected chi connectivity index (χ3v) is 1.47. The summed E-state index contributed by atoms with van der Waals surface area (Å²) >= 11 is 0. The predicted molar refractivity (Wildman–Crippen MR) is 52.8 cm³/mol. The third-order valence-electron chi connectivity index (χ3n) is 1.47. The first-order chi connectivity index (χ1) is 6.49. The SMILES string of the molecule is CC(C)(N)COC(=O)c1cccnc1. The fourth-order valence-corrected chi connectivity index (χ4v) is 0.818. The molecule has 0 aromatic carbocycles. The van der Waals surface area contributed by atoms with Crippen LogP contribution in [0.3, 0.4) is 0 Å². The number of rotatable bonds is 3. The molecule has 1 aromatic heterocycles. The smallest absolute Gasteiger partial charge is 0.339 e. The van der Waals surface area contributed by atoms with E-state index in [1.807, 2.05) is 0 Å². The minimum absolute atomic E-state index is 0.195. The summed E-state index contributed by atoms with van der Waals surface area (Å²) in [5, 5.41) is 0. The van der Waals surface area contributed by atoms with Crippen LogP contribution >= 0.6 is 0 Å². The van der Waals surface area contributed by atoms with E-state index in [1.54, 1.807) is 32.2 Å². The zero-order chi connectivity index (χ0) is 10.6. The molecule has 0 aliphatic carbocycles. The summed E-state index contributed by atoms with van der Waals surface area (Å²) in [5.41, 5.74) is 5.61. The van der Waals surface area contributed by atoms with Gasteiger partial charge in [0, 0.05) is 17.9 Å². The lowest BCUT2D eigenvalue weighted by Crippen LogP contribution is -2.38. The number of nitrogens with two attached hydrogens (primary N) is 1. The minimum Gasteiger partial charge on any atom is -0.460 e. The summed E-state index contributed by atoms with van der Waals surface area (Å²) in [6.07, 6.45) is 3.06. The minimum atomic E-state index is -0.502. The van der Waals surface area contributed by atoms with Gasteiger partial charge in [-0.25, -0.2) is 4.79 Å². The van der Waals surface area contributed by atoms with Gasteiger partial charge in [0.05, 0.1) is 5.56 Å². The number of ether oxygens (including phenoxy) is 1. The normalized spacial score (nSPS) is 11.1. The number of carbonyl (C=O) groups is 1. The molecule has 0 atom stereocenters. The highest BCUT2D eigenvalue weighted by atomic mass is 16.5. The van der Waals surface area contributed by atoms with E-state index in [0.29, 0.717) is 5.56 Å². The summed E-state index contributed by atoms with van der Waals surface area (Å²) in [4.78, 5) is 15.2. The number of carbonyl (C=O) groups excluding carboxylic acids is 1. The molecule has 4 nitrogen and oxygen atoms in total. The molecule has 0 radical (unpaired) electrons. The van der Waals surface area contributed by atoms with Gasteiger partial charge in [-0.2, -0.15) is 0 Å². The highest BCUT2D eigenvalue weighted by molar-refractivity contribution is 5.88. The van der Waals surface area contributed by atoms with Crippen molar-refractivity contribution in [2.75, 3.05) is 6.61 Å². The van der Waals surface area contributed by atoms with Crippen LogP contribution in [0.5, 0.6) is 0 Å². The molecule has 76 valence electrons. The van der Waals surface area contributed by atoms with Gasteiger partial charge in [-0.15, -0.1) is 0 Å². The van der Waals surface area contributed by atoms with Crippen LogP contribution in [0.15, 0.2) is 24.5 Å². The maximum atomic E-state index is 11.4. The number of nitrogens with zero attached hydrogens (tertiary/aromatic N) is 1. The van der Waals surface area contributed by atoms with Gasteiger partial charge in [0.1, 0.15) is 6.61 Å². The van der Waals surface area contributed by atoms with Gasteiger partial charge in [0.15, 0.2) is 0 Å². The Morgan fingerprint density at radius 2 is 2.36 bits per heavy atom. The molecular weight excluding hydrogens is 180 g/mol. The second-order valence-corrected chi connectivity index (χ2v) is 3.81. The molecule has 14 heavy (non-hydrogen) atoms. The van der Waals surface area contributed by atoms with Crippen molar-refractivity contribution in [2.24, 2.45) is 5.73 Å². The van der Waals surface area contributed by atoms with Crippen molar-refractivity contribution in [2.45, 2.75) is 19.4 Å². The molecule has 0 aliphatic rings. The molecule has 2 N–H and O–H groups in total. The molecule has 4 heteroatoms. The van der Waals surface area contributed by atoms with E-state index in [9.17, 15) is 4.79 Å². The molecule has 1 rings (SSSR count). The third kappa shape index (κ3) is 3.53. The monoisotopic (exact) mass is 194 g/mol. The van der Waals surface area contributed by atoms with Crippen LogP contribution in [0.2, 0.25) is 0 Å². The number of pyridine rings is 1. The first-order valence-corrected chi connectivity index (χ1v) is 4.35. The Kier molecular flexibility index (Phi) is 3.19. The van der Waals surface area contributed by atoms with Gasteiger partial charge >= 0.3 is 5.97 Å². The van der Waals surface area contributed by atoms with Gasteiger partial charge in [-0.1, -0.05) is 0 Å². The van der Waals surface area contributed by atoms with E-state index in [-0.39, 0.29) is 6.61 Å². The second kappa shape index (κ2) is 4.19. The zero-order valence-corrected chi connectivity index (χ0v) is 8.36. The number of hydrogen-bond donors (Lipinski definition) is 1. The molecular formula is C10H14N2O2. The first-order valence-electron chi connectivity index (χ1n) is 4.35. The largest absolute Gasteiger partial charge is 0.460 e. The number of aromatic nitrogens is 1. The molecule has 0 bridgehead atoms. The van der Waals surface area contributed by atoms with E-state index < -0.39 is 11.5 Å². The summed E-state index contributed by atoms with van der Waals surface area (Å²) < 4.78 is 4.99. The molecule has 0 fully saturated rings. The van der Waals surface area contributed by atoms with Crippen molar-refractivity contribution in [3.05, 3.63) is 30.1 Å². The standard InChI is InChI=1S/C10H14N2O2/c1-10(2,11)7-14-9(13)8-4-3-5-12-6-8/h3-6H,7,11H2,1-2H3. The number of hydrogen-bond acceptors (Lipinski definition) is 4. The van der Waals surface area contributed by atoms with Gasteiger partial charge in [-0.3, -0.25) is 4.98 Å². The maximum Gasteiger partial charge on any atom is 0.339 e. The highest BCUT2D eigenvalue weighted by Crippen LogP contribution is 2.02. The van der Waals surface area contributed by atoms with Crippen molar-refractivity contribution in [3.8, 4) is 0 Å². The van der Waals surface area contributed by atoms with Crippen molar-refractivity contribution < 1.29 is 9.53 Å². The summed E-state index contributed by atoms with van der Waals surface area (Å²) in [7, 11) is 0. The second-order valence-electron chi connectivity index (χ2n) is 3.81. The summed E-state index contributed by atoms with van der Waals surface area (Å²) in [6, 6.07) is 3.34. The average Bonchev–Trinajstić information content (AvgIpc) is 2.14. The van der Waals surface area contributed by atoms with Crippen molar-refractivity contribution in [1.29, 1.82) is 0 Å². The maximum absolute atomic E-state index is 11.4. The summed E-state index contributed by atoms with van der Waals surface area (Å²) in [5.74, 6) is -0.392. The van der Waals surface area contributed by atoms with Gasteiger partial charge < -0.3 is 10.5 Å². The Bertz CT molecular complexity index is 304. The van der Waals surface area contributed by atoms with Crippen LogP contribution in [-0.4, -0.2) is 23.1 Å². The van der Waals surface area contributed by atoms with Crippen molar-refractivity contribution >= 4 is 5.97 Å². The quantitative estimate of drug-likeness (QED) is 0.728. The van der Waals surface area contributed by atoms with Gasteiger partial charge in [-0.05, 0) is 26.0 Å². The van der Waals surface area contributed by atoms with E-state index >= 15 is 0 Å². The Hall–Kier alpha value is -1.42. The van der Waals surface area contributed by atoms with Crippen LogP contribution in [0.1, 0.15) is 24.2 Å². The van der Waals surface area contributed by atoms with Crippen LogP contribution < -0.4 is 5.73 Å². The van der Waals surface area contributed by atoms with Crippen LogP contribution in [0.25, 0.3) is 0 Å². The lowest BCUT2D eigenvalue weighted by atomic mass is 10.1. The lowest BCUT2D eigenvalue weighted by molar-refractivity contribution is 0.0432. The Morgan fingerprint density at radius 3 is 2.86 bits per heavy atom. The molecule has 0 saturated carbocycles. The fraction of sp³-hybridized carbons (Fsp3) is 0.400. The van der Waals surface area contributed by atoms with Crippen molar-refractivity contribution in [1.82, 2.24) is 4.98 Å². The number of esters is 1. The topological polar surface area (TPSA) is 65.2 Å². The Labute approximate surface area is 83.1 Å². The van der Waals surface area contributed by atoms with Crippen LogP contribution in [0, 0.1) is 0 Å². The summed E-state index contributed by atoms with van der Waals surface area (Å²) in [6.45, 7) is 3.79. The molecule has 0 saturated heterocycles. The average molecular weight is 194 g/mol. The Balaban J connectivity index is 2.52. The van der Waals surface area contributed by atoms with Gasteiger partial charge in [0.2, 0.25) is 0 Å². The van der Waals surface area contributed by atoms with Crippen LogP contribution in [0.4, 0.5) is 0 Å². The van der Waals surface area contributed by atoms with Crippen LogP contribution in [-0.2, 0) is 4.74 Å². The van der Waals surface area contributed by atoms with E-state index in [1.165, 1.54) is 6.20 Å². The van der Waals surface area contributed by atoms with E-state index in [2.05, 4.69) is 4.98 Å². The molecule has 1 aromatic rings. The molecule has 0 aliphatic heterocycles. The molecule has 1 heterocycles. The molecule has 0 amide bonds. The molecule has 0 unspecified atom stereocenters.